The van der Waals surface area contributed by atoms with Crippen molar-refractivity contribution in [2.45, 2.75) is 25.3 Å². The molecule has 0 aliphatic heterocycles. The second-order valence-corrected chi connectivity index (χ2v) is 5.13. The molecule has 98 valence electrons. The van der Waals surface area contributed by atoms with Crippen molar-refractivity contribution in [1.29, 1.82) is 0 Å². The quantitative estimate of drug-likeness (QED) is 0.877. The summed E-state index contributed by atoms with van der Waals surface area (Å²) in [6.07, 6.45) is 3.11. The standard InChI is InChI=1S/C17H19NO/c19-17-8-4-7-14-15(17)9-10-16(14)18-12-11-13-5-2-1-3-6-13/h1-8,16,18-19H,9-12H2. The number of rotatable bonds is 4. The Labute approximate surface area is 114 Å². The first-order valence-corrected chi connectivity index (χ1v) is 6.92. The van der Waals surface area contributed by atoms with Crippen LogP contribution in [0, 0.1) is 0 Å². The molecule has 0 aromatic heterocycles. The topological polar surface area (TPSA) is 32.3 Å². The molecule has 0 bridgehead atoms. The first-order chi connectivity index (χ1) is 9.34. The lowest BCUT2D eigenvalue weighted by Crippen LogP contribution is -2.21. The fourth-order valence-electron chi connectivity index (χ4n) is 2.88. The summed E-state index contributed by atoms with van der Waals surface area (Å²) in [5, 5.41) is 13.4. The number of aromatic hydroxyl groups is 1. The van der Waals surface area contributed by atoms with E-state index in [1.807, 2.05) is 12.1 Å². The van der Waals surface area contributed by atoms with Crippen LogP contribution in [0.4, 0.5) is 0 Å². The van der Waals surface area contributed by atoms with Crippen molar-refractivity contribution in [3.8, 4) is 5.75 Å². The molecule has 0 radical (unpaired) electrons. The zero-order chi connectivity index (χ0) is 13.1. The SMILES string of the molecule is Oc1cccc2c1CCC2NCCc1ccccc1. The Kier molecular flexibility index (Phi) is 3.51. The Morgan fingerprint density at radius 1 is 1.05 bits per heavy atom. The van der Waals surface area contributed by atoms with Crippen LogP contribution in [0.5, 0.6) is 5.75 Å². The third kappa shape index (κ3) is 2.64. The van der Waals surface area contributed by atoms with E-state index in [-0.39, 0.29) is 0 Å². The molecule has 2 heteroatoms. The van der Waals surface area contributed by atoms with E-state index in [0.717, 1.165) is 31.4 Å². The molecule has 1 unspecified atom stereocenters. The van der Waals surface area contributed by atoms with E-state index in [9.17, 15) is 5.11 Å². The Hall–Kier alpha value is -1.80. The number of fused-ring (bicyclic) bond motifs is 1. The van der Waals surface area contributed by atoms with E-state index in [1.54, 1.807) is 6.07 Å². The maximum Gasteiger partial charge on any atom is 0.119 e. The molecule has 1 aliphatic carbocycles. The molecule has 3 rings (SSSR count). The molecule has 0 saturated heterocycles. The molecule has 0 saturated carbocycles. The summed E-state index contributed by atoms with van der Waals surface area (Å²) in [5.41, 5.74) is 3.76. The summed E-state index contributed by atoms with van der Waals surface area (Å²) < 4.78 is 0. The van der Waals surface area contributed by atoms with Gasteiger partial charge in [-0.05, 0) is 48.6 Å². The first-order valence-electron chi connectivity index (χ1n) is 6.92. The van der Waals surface area contributed by atoms with Crippen molar-refractivity contribution in [3.63, 3.8) is 0 Å². The van der Waals surface area contributed by atoms with Crippen molar-refractivity contribution in [2.75, 3.05) is 6.54 Å². The van der Waals surface area contributed by atoms with Crippen molar-refractivity contribution in [1.82, 2.24) is 5.32 Å². The van der Waals surface area contributed by atoms with Crippen molar-refractivity contribution in [2.24, 2.45) is 0 Å². The third-order valence-corrected chi connectivity index (χ3v) is 3.89. The van der Waals surface area contributed by atoms with E-state index < -0.39 is 0 Å². The molecular formula is C17H19NO. The Morgan fingerprint density at radius 3 is 2.74 bits per heavy atom. The van der Waals surface area contributed by atoms with E-state index >= 15 is 0 Å². The number of phenols is 1. The van der Waals surface area contributed by atoms with Gasteiger partial charge in [0.1, 0.15) is 5.75 Å². The second kappa shape index (κ2) is 5.45. The van der Waals surface area contributed by atoms with Crippen LogP contribution < -0.4 is 5.32 Å². The van der Waals surface area contributed by atoms with Gasteiger partial charge in [-0.2, -0.15) is 0 Å². The van der Waals surface area contributed by atoms with Gasteiger partial charge in [0.2, 0.25) is 0 Å². The lowest BCUT2D eigenvalue weighted by Gasteiger charge is -2.14. The summed E-state index contributed by atoms with van der Waals surface area (Å²) in [4.78, 5) is 0. The summed E-state index contributed by atoms with van der Waals surface area (Å²) in [6.45, 7) is 0.976. The minimum atomic E-state index is 0.394. The monoisotopic (exact) mass is 253 g/mol. The fourth-order valence-corrected chi connectivity index (χ4v) is 2.88. The van der Waals surface area contributed by atoms with Crippen LogP contribution in [0.1, 0.15) is 29.2 Å². The Balaban J connectivity index is 1.60. The van der Waals surface area contributed by atoms with Crippen molar-refractivity contribution < 1.29 is 5.11 Å². The molecule has 2 aromatic carbocycles. The van der Waals surface area contributed by atoms with Crippen LogP contribution in [0.3, 0.4) is 0 Å². The van der Waals surface area contributed by atoms with Crippen molar-refractivity contribution in [3.05, 3.63) is 65.2 Å². The minimum absolute atomic E-state index is 0.394. The number of phenolic OH excluding ortho intramolecular Hbond substituents is 1. The van der Waals surface area contributed by atoms with Gasteiger partial charge in [-0.15, -0.1) is 0 Å². The van der Waals surface area contributed by atoms with Gasteiger partial charge >= 0.3 is 0 Å². The van der Waals surface area contributed by atoms with Gasteiger partial charge < -0.3 is 10.4 Å². The largest absolute Gasteiger partial charge is 0.508 e. The van der Waals surface area contributed by atoms with E-state index in [2.05, 4.69) is 35.6 Å². The normalized spacial score (nSPS) is 17.4. The molecule has 0 amide bonds. The molecule has 1 aliphatic rings. The fraction of sp³-hybridized carbons (Fsp3) is 0.294. The van der Waals surface area contributed by atoms with Gasteiger partial charge in [-0.25, -0.2) is 0 Å². The van der Waals surface area contributed by atoms with E-state index in [4.69, 9.17) is 0 Å². The van der Waals surface area contributed by atoms with Crippen LogP contribution in [-0.4, -0.2) is 11.7 Å². The molecule has 2 N–H and O–H groups in total. The van der Waals surface area contributed by atoms with Gasteiger partial charge in [0, 0.05) is 6.04 Å². The average Bonchev–Trinajstić information content (AvgIpc) is 2.85. The molecule has 0 fully saturated rings. The summed E-state index contributed by atoms with van der Waals surface area (Å²) in [5.74, 6) is 0.449. The van der Waals surface area contributed by atoms with Gasteiger partial charge in [0.05, 0.1) is 0 Å². The van der Waals surface area contributed by atoms with Gasteiger partial charge in [0.15, 0.2) is 0 Å². The Morgan fingerprint density at radius 2 is 1.89 bits per heavy atom. The van der Waals surface area contributed by atoms with Gasteiger partial charge in [-0.3, -0.25) is 0 Å². The summed E-state index contributed by atoms with van der Waals surface area (Å²) in [7, 11) is 0. The molecule has 19 heavy (non-hydrogen) atoms. The molecule has 2 aromatic rings. The number of nitrogens with one attached hydrogen (secondary N) is 1. The van der Waals surface area contributed by atoms with Gasteiger partial charge in [-0.1, -0.05) is 42.5 Å². The maximum atomic E-state index is 9.82. The van der Waals surface area contributed by atoms with Gasteiger partial charge in [0.25, 0.3) is 0 Å². The average molecular weight is 253 g/mol. The van der Waals surface area contributed by atoms with Crippen LogP contribution in [0.25, 0.3) is 0 Å². The molecule has 1 atom stereocenters. The van der Waals surface area contributed by atoms with Crippen LogP contribution in [0.15, 0.2) is 48.5 Å². The zero-order valence-electron chi connectivity index (χ0n) is 11.0. The van der Waals surface area contributed by atoms with Crippen LogP contribution in [-0.2, 0) is 12.8 Å². The number of benzene rings is 2. The lowest BCUT2D eigenvalue weighted by molar-refractivity contribution is 0.469. The number of hydrogen-bond acceptors (Lipinski definition) is 2. The highest BCUT2D eigenvalue weighted by atomic mass is 16.3. The smallest absolute Gasteiger partial charge is 0.119 e. The highest BCUT2D eigenvalue weighted by Crippen LogP contribution is 2.36. The summed E-state index contributed by atoms with van der Waals surface area (Å²) in [6, 6.07) is 16.8. The maximum absolute atomic E-state index is 9.82. The highest BCUT2D eigenvalue weighted by molar-refractivity contribution is 5.44. The molecule has 2 nitrogen and oxygen atoms in total. The zero-order valence-corrected chi connectivity index (χ0v) is 11.0. The lowest BCUT2D eigenvalue weighted by atomic mass is 10.1. The molecular weight excluding hydrogens is 234 g/mol. The highest BCUT2D eigenvalue weighted by Gasteiger charge is 2.23. The first kappa shape index (κ1) is 12.2. The Bertz CT molecular complexity index is 550. The van der Waals surface area contributed by atoms with Crippen molar-refractivity contribution >= 4 is 0 Å². The predicted molar refractivity (Wildman–Crippen MR) is 77.3 cm³/mol. The second-order valence-electron chi connectivity index (χ2n) is 5.13. The minimum Gasteiger partial charge on any atom is -0.508 e. The van der Waals surface area contributed by atoms with Crippen LogP contribution >= 0.6 is 0 Å². The summed E-state index contributed by atoms with van der Waals surface area (Å²) >= 11 is 0. The number of hydrogen-bond donors (Lipinski definition) is 2. The van der Waals surface area contributed by atoms with E-state index in [1.165, 1.54) is 11.1 Å². The molecule has 0 spiro atoms. The molecule has 0 heterocycles. The predicted octanol–water partition coefficient (Wildman–Crippen LogP) is 3.21. The third-order valence-electron chi connectivity index (χ3n) is 3.89. The van der Waals surface area contributed by atoms with E-state index in [0.29, 0.717) is 11.8 Å². The van der Waals surface area contributed by atoms with Crippen LogP contribution in [0.2, 0.25) is 0 Å².